The number of fused-ring (bicyclic) bond motifs is 1. The molecule has 0 saturated heterocycles. The Balaban J connectivity index is 1.80. The number of H-pyrrole nitrogens is 1. The topological polar surface area (TPSA) is 63.7 Å². The fraction of sp³-hybridized carbons (Fsp3) is 0.150. The highest BCUT2D eigenvalue weighted by atomic mass is 35.5. The van der Waals surface area contributed by atoms with Crippen molar-refractivity contribution in [1.29, 1.82) is 0 Å². The lowest BCUT2D eigenvalue weighted by Gasteiger charge is -2.10. The van der Waals surface area contributed by atoms with Crippen molar-refractivity contribution in [3.63, 3.8) is 0 Å². The molecule has 2 aromatic heterocycles. The molecule has 0 radical (unpaired) electrons. The lowest BCUT2D eigenvalue weighted by atomic mass is 10.1. The van der Waals surface area contributed by atoms with Crippen LogP contribution in [0.3, 0.4) is 0 Å². The van der Waals surface area contributed by atoms with Crippen molar-refractivity contribution in [3.05, 3.63) is 70.5 Å². The quantitative estimate of drug-likeness (QED) is 0.554. The number of rotatable bonds is 4. The summed E-state index contributed by atoms with van der Waals surface area (Å²) in [6, 6.07) is 10.0. The summed E-state index contributed by atoms with van der Waals surface area (Å²) in [5.74, 6) is 1.50. The molecular weight excluding hydrogens is 367 g/mol. The second-order valence-electron chi connectivity index (χ2n) is 6.16. The van der Waals surface area contributed by atoms with E-state index in [1.807, 2.05) is 13.0 Å². The van der Waals surface area contributed by atoms with Gasteiger partial charge in [0, 0.05) is 18.3 Å². The zero-order valence-electron chi connectivity index (χ0n) is 14.8. The van der Waals surface area contributed by atoms with Crippen LogP contribution in [0.2, 0.25) is 5.02 Å². The fourth-order valence-corrected chi connectivity index (χ4v) is 3.32. The molecule has 5 nitrogen and oxygen atoms in total. The second kappa shape index (κ2) is 6.96. The predicted molar refractivity (Wildman–Crippen MR) is 103 cm³/mol. The van der Waals surface area contributed by atoms with Crippen LogP contribution in [-0.2, 0) is 6.42 Å². The highest BCUT2D eigenvalue weighted by molar-refractivity contribution is 6.35. The van der Waals surface area contributed by atoms with Crippen LogP contribution < -0.4 is 4.74 Å². The summed E-state index contributed by atoms with van der Waals surface area (Å²) < 4.78 is 19.0. The van der Waals surface area contributed by atoms with Crippen LogP contribution in [0, 0.1) is 12.7 Å². The Bertz CT molecular complexity index is 1140. The average Bonchev–Trinajstić information content (AvgIpc) is 3.04. The van der Waals surface area contributed by atoms with Crippen molar-refractivity contribution < 1.29 is 9.13 Å². The first kappa shape index (κ1) is 17.4. The predicted octanol–water partition coefficient (Wildman–Crippen LogP) is 4.72. The number of hydrogen-bond acceptors (Lipinski definition) is 4. The molecule has 0 saturated carbocycles. The number of methoxy groups -OCH3 is 1. The molecule has 4 aromatic rings. The summed E-state index contributed by atoms with van der Waals surface area (Å²) in [4.78, 5) is 16.6. The fourth-order valence-electron chi connectivity index (χ4n) is 3.07. The molecule has 0 aliphatic heterocycles. The minimum absolute atomic E-state index is 0.269. The highest BCUT2D eigenvalue weighted by Crippen LogP contribution is 2.38. The first-order chi connectivity index (χ1) is 13.0. The normalized spacial score (nSPS) is 11.1. The molecule has 0 bridgehead atoms. The van der Waals surface area contributed by atoms with Crippen LogP contribution in [0.4, 0.5) is 4.39 Å². The maximum atomic E-state index is 13.4. The number of ether oxygens (including phenoxy) is 1. The lowest BCUT2D eigenvalue weighted by Crippen LogP contribution is -1.99. The molecule has 0 amide bonds. The Morgan fingerprint density at radius 2 is 2.04 bits per heavy atom. The molecule has 2 aromatic carbocycles. The van der Waals surface area contributed by atoms with E-state index in [1.165, 1.54) is 12.1 Å². The third kappa shape index (κ3) is 3.36. The van der Waals surface area contributed by atoms with E-state index in [-0.39, 0.29) is 5.82 Å². The van der Waals surface area contributed by atoms with E-state index >= 15 is 0 Å². The van der Waals surface area contributed by atoms with Crippen molar-refractivity contribution in [2.24, 2.45) is 0 Å². The zero-order chi connectivity index (χ0) is 19.0. The largest absolute Gasteiger partial charge is 0.494 e. The third-order valence-electron chi connectivity index (χ3n) is 4.22. The minimum Gasteiger partial charge on any atom is -0.494 e. The summed E-state index contributed by atoms with van der Waals surface area (Å²) in [7, 11) is 1.58. The Kier molecular flexibility index (Phi) is 4.49. The Hall–Kier alpha value is -2.99. The maximum Gasteiger partial charge on any atom is 0.163 e. The summed E-state index contributed by atoms with van der Waals surface area (Å²) >= 11 is 6.42. The van der Waals surface area contributed by atoms with E-state index in [0.29, 0.717) is 39.6 Å². The third-order valence-corrected chi connectivity index (χ3v) is 4.52. The van der Waals surface area contributed by atoms with E-state index < -0.39 is 0 Å². The summed E-state index contributed by atoms with van der Waals surface area (Å²) in [6.45, 7) is 1.85. The van der Waals surface area contributed by atoms with Crippen molar-refractivity contribution in [2.45, 2.75) is 13.3 Å². The van der Waals surface area contributed by atoms with Crippen LogP contribution in [0.25, 0.3) is 22.4 Å². The van der Waals surface area contributed by atoms with E-state index in [1.54, 1.807) is 31.5 Å². The molecule has 0 aliphatic rings. The van der Waals surface area contributed by atoms with Gasteiger partial charge in [-0.1, -0.05) is 23.7 Å². The summed E-state index contributed by atoms with van der Waals surface area (Å²) in [6.07, 6.45) is 2.16. The zero-order valence-corrected chi connectivity index (χ0v) is 15.5. The number of aromatic amines is 1. The van der Waals surface area contributed by atoms with Gasteiger partial charge in [-0.2, -0.15) is 0 Å². The molecule has 136 valence electrons. The molecule has 0 aliphatic carbocycles. The van der Waals surface area contributed by atoms with Gasteiger partial charge in [0.1, 0.15) is 17.2 Å². The van der Waals surface area contributed by atoms with Gasteiger partial charge in [0.25, 0.3) is 0 Å². The molecule has 1 N–H and O–H groups in total. The van der Waals surface area contributed by atoms with E-state index in [0.717, 1.165) is 17.1 Å². The van der Waals surface area contributed by atoms with Crippen LogP contribution in [-0.4, -0.2) is 27.0 Å². The number of aryl methyl sites for hydroxylation is 1. The standard InChI is InChI=1S/C20H16ClFN4O/c1-11-24-17-16(21)10-15(19(27-2)18(17)25-11)20-23-7-6-14(26-20)9-12-4-3-5-13(22)8-12/h3-8,10H,9H2,1-2H3,(H,24,25). The van der Waals surface area contributed by atoms with Gasteiger partial charge in [-0.3, -0.25) is 0 Å². The Morgan fingerprint density at radius 1 is 1.19 bits per heavy atom. The van der Waals surface area contributed by atoms with Crippen LogP contribution in [0.5, 0.6) is 5.75 Å². The van der Waals surface area contributed by atoms with Gasteiger partial charge < -0.3 is 9.72 Å². The molecule has 7 heteroatoms. The van der Waals surface area contributed by atoms with Crippen molar-refractivity contribution in [1.82, 2.24) is 19.9 Å². The van der Waals surface area contributed by atoms with Gasteiger partial charge in [0.2, 0.25) is 0 Å². The molecule has 0 atom stereocenters. The van der Waals surface area contributed by atoms with Crippen molar-refractivity contribution in [2.75, 3.05) is 7.11 Å². The van der Waals surface area contributed by atoms with Crippen molar-refractivity contribution >= 4 is 22.6 Å². The van der Waals surface area contributed by atoms with E-state index in [4.69, 9.17) is 16.3 Å². The van der Waals surface area contributed by atoms with Crippen LogP contribution in [0.15, 0.2) is 42.6 Å². The smallest absolute Gasteiger partial charge is 0.163 e. The van der Waals surface area contributed by atoms with Gasteiger partial charge in [-0.15, -0.1) is 0 Å². The average molecular weight is 383 g/mol. The van der Waals surface area contributed by atoms with Gasteiger partial charge >= 0.3 is 0 Å². The number of nitrogens with one attached hydrogen (secondary N) is 1. The molecule has 0 fully saturated rings. The maximum absolute atomic E-state index is 13.4. The molecule has 2 heterocycles. The van der Waals surface area contributed by atoms with Gasteiger partial charge in [0.15, 0.2) is 11.6 Å². The lowest BCUT2D eigenvalue weighted by molar-refractivity contribution is 0.420. The molecule has 0 spiro atoms. The first-order valence-corrected chi connectivity index (χ1v) is 8.72. The molecule has 0 unspecified atom stereocenters. The minimum atomic E-state index is -0.269. The molecule has 4 rings (SSSR count). The number of imidazole rings is 1. The van der Waals surface area contributed by atoms with E-state index in [2.05, 4.69) is 19.9 Å². The van der Waals surface area contributed by atoms with Gasteiger partial charge in [-0.25, -0.2) is 19.3 Å². The van der Waals surface area contributed by atoms with Crippen LogP contribution >= 0.6 is 11.6 Å². The van der Waals surface area contributed by atoms with Gasteiger partial charge in [-0.05, 0) is 36.8 Å². The number of nitrogens with zero attached hydrogens (tertiary/aromatic N) is 3. The summed E-state index contributed by atoms with van der Waals surface area (Å²) in [5.41, 5.74) is 3.61. The Labute approximate surface area is 160 Å². The summed E-state index contributed by atoms with van der Waals surface area (Å²) in [5, 5.41) is 0.514. The SMILES string of the molecule is COc1c(-c2nccc(Cc3cccc(F)c3)n2)cc(Cl)c2[nH]c(C)nc12. The van der Waals surface area contributed by atoms with Gasteiger partial charge in [0.05, 0.1) is 23.2 Å². The second-order valence-corrected chi connectivity index (χ2v) is 6.57. The Morgan fingerprint density at radius 3 is 2.81 bits per heavy atom. The monoisotopic (exact) mass is 382 g/mol. The van der Waals surface area contributed by atoms with Crippen LogP contribution in [0.1, 0.15) is 17.1 Å². The molecular formula is C20H16ClFN4O. The number of halogens is 2. The number of hydrogen-bond donors (Lipinski definition) is 1. The number of aromatic nitrogens is 4. The number of benzene rings is 2. The molecule has 27 heavy (non-hydrogen) atoms. The first-order valence-electron chi connectivity index (χ1n) is 8.34. The van der Waals surface area contributed by atoms with E-state index in [9.17, 15) is 4.39 Å². The highest BCUT2D eigenvalue weighted by Gasteiger charge is 2.18. The van der Waals surface area contributed by atoms with Crippen molar-refractivity contribution in [3.8, 4) is 17.1 Å².